The van der Waals surface area contributed by atoms with Gasteiger partial charge in [0.25, 0.3) is 0 Å². The second-order valence-electron chi connectivity index (χ2n) is 2.05. The van der Waals surface area contributed by atoms with Gasteiger partial charge in [0.2, 0.25) is 6.41 Å². The Morgan fingerprint density at radius 3 is 2.07 bits per heavy atom. The van der Waals surface area contributed by atoms with Crippen LogP contribution < -0.4 is 5.73 Å². The zero-order valence-corrected chi connectivity index (χ0v) is 9.07. The van der Waals surface area contributed by atoms with E-state index >= 15 is 0 Å². The zero-order valence-electron chi connectivity index (χ0n) is 9.07. The van der Waals surface area contributed by atoms with Crippen molar-refractivity contribution in [2.24, 2.45) is 5.73 Å². The third-order valence-corrected chi connectivity index (χ3v) is 1.15. The van der Waals surface area contributed by atoms with Crippen molar-refractivity contribution in [2.45, 2.75) is 20.5 Å². The molecule has 1 amide bonds. The number of ether oxygens (including phenoxy) is 1. The number of benzene rings is 1. The highest BCUT2D eigenvalue weighted by Crippen LogP contribution is 1.98. The van der Waals surface area contributed by atoms with Crippen LogP contribution >= 0.6 is 0 Å². The molecule has 80 valence electrons. The van der Waals surface area contributed by atoms with Gasteiger partial charge >= 0.3 is 0 Å². The van der Waals surface area contributed by atoms with E-state index in [-0.39, 0.29) is 6.41 Å². The summed E-state index contributed by atoms with van der Waals surface area (Å²) in [5.41, 5.74) is 5.39. The molecule has 0 unspecified atom stereocenters. The fraction of sp³-hybridized carbons (Fsp3) is 0.364. The third-order valence-electron chi connectivity index (χ3n) is 1.15. The molecule has 3 heteroatoms. The Bertz CT molecular complexity index is 200. The molecular weight excluding hydrogens is 178 g/mol. The number of primary amides is 1. The molecule has 0 heterocycles. The summed E-state index contributed by atoms with van der Waals surface area (Å²) in [6, 6.07) is 10.1. The maximum atomic E-state index is 8.58. The average Bonchev–Trinajstić information content (AvgIpc) is 2.24. The second kappa shape index (κ2) is 14.2. The maximum absolute atomic E-state index is 8.58. The van der Waals surface area contributed by atoms with Crippen LogP contribution in [0.15, 0.2) is 30.3 Å². The minimum absolute atomic E-state index is 0.250. The minimum Gasteiger partial charge on any atom is -0.380 e. The van der Waals surface area contributed by atoms with Gasteiger partial charge in [0.05, 0.1) is 6.61 Å². The Labute approximate surface area is 85.9 Å². The number of carbonyl (C=O) groups is 1. The van der Waals surface area contributed by atoms with Crippen molar-refractivity contribution in [1.82, 2.24) is 0 Å². The van der Waals surface area contributed by atoms with Gasteiger partial charge in [-0.2, -0.15) is 0 Å². The molecule has 0 bridgehead atoms. The SMILES string of the molecule is CC.COCc1ccccc1.NC=O. The Hall–Kier alpha value is -1.35. The maximum Gasteiger partial charge on any atom is 0.204 e. The molecule has 0 fully saturated rings. The van der Waals surface area contributed by atoms with Gasteiger partial charge in [0.1, 0.15) is 0 Å². The lowest BCUT2D eigenvalue weighted by atomic mass is 10.2. The van der Waals surface area contributed by atoms with Crippen LogP contribution in [0.2, 0.25) is 0 Å². The fourth-order valence-corrected chi connectivity index (χ4v) is 0.741. The van der Waals surface area contributed by atoms with Gasteiger partial charge < -0.3 is 10.5 Å². The van der Waals surface area contributed by atoms with E-state index in [2.05, 4.69) is 5.73 Å². The molecule has 1 aromatic carbocycles. The van der Waals surface area contributed by atoms with E-state index in [0.29, 0.717) is 6.61 Å². The summed E-state index contributed by atoms with van der Waals surface area (Å²) >= 11 is 0. The van der Waals surface area contributed by atoms with Crippen LogP contribution in [0.1, 0.15) is 19.4 Å². The number of hydrogen-bond acceptors (Lipinski definition) is 2. The monoisotopic (exact) mass is 197 g/mol. The van der Waals surface area contributed by atoms with Gasteiger partial charge in [0, 0.05) is 7.11 Å². The molecule has 0 aliphatic carbocycles. The van der Waals surface area contributed by atoms with E-state index in [4.69, 9.17) is 9.53 Å². The van der Waals surface area contributed by atoms with Gasteiger partial charge in [-0.25, -0.2) is 0 Å². The van der Waals surface area contributed by atoms with Crippen molar-refractivity contribution in [3.63, 3.8) is 0 Å². The second-order valence-corrected chi connectivity index (χ2v) is 2.05. The summed E-state index contributed by atoms with van der Waals surface area (Å²) in [6.45, 7) is 4.71. The lowest BCUT2D eigenvalue weighted by Gasteiger charge is -1.95. The number of hydrogen-bond donors (Lipinski definition) is 1. The average molecular weight is 197 g/mol. The molecule has 0 aliphatic rings. The molecule has 0 spiro atoms. The summed E-state index contributed by atoms with van der Waals surface area (Å²) in [6.07, 6.45) is 0.250. The molecule has 3 nitrogen and oxygen atoms in total. The van der Waals surface area contributed by atoms with Crippen LogP contribution in [-0.2, 0) is 16.1 Å². The van der Waals surface area contributed by atoms with E-state index in [9.17, 15) is 0 Å². The van der Waals surface area contributed by atoms with Crippen LogP contribution in [-0.4, -0.2) is 13.5 Å². The van der Waals surface area contributed by atoms with Gasteiger partial charge in [-0.3, -0.25) is 4.79 Å². The summed E-state index contributed by atoms with van der Waals surface area (Å²) in [7, 11) is 1.70. The largest absolute Gasteiger partial charge is 0.380 e. The van der Waals surface area contributed by atoms with Crippen molar-refractivity contribution in [3.05, 3.63) is 35.9 Å². The van der Waals surface area contributed by atoms with E-state index < -0.39 is 0 Å². The Morgan fingerprint density at radius 1 is 1.29 bits per heavy atom. The highest BCUT2D eigenvalue weighted by molar-refractivity contribution is 5.42. The van der Waals surface area contributed by atoms with E-state index in [1.165, 1.54) is 5.56 Å². The first-order valence-electron chi connectivity index (χ1n) is 4.53. The Morgan fingerprint density at radius 2 is 1.71 bits per heavy atom. The first-order valence-corrected chi connectivity index (χ1v) is 4.53. The molecule has 0 aromatic heterocycles. The summed E-state index contributed by atoms with van der Waals surface area (Å²) in [5.74, 6) is 0. The van der Waals surface area contributed by atoms with Crippen molar-refractivity contribution < 1.29 is 9.53 Å². The quantitative estimate of drug-likeness (QED) is 0.737. The Balaban J connectivity index is 0. The summed E-state index contributed by atoms with van der Waals surface area (Å²) in [4.78, 5) is 8.58. The first kappa shape index (κ1) is 15.1. The lowest BCUT2D eigenvalue weighted by molar-refractivity contribution is -0.106. The van der Waals surface area contributed by atoms with Crippen molar-refractivity contribution in [1.29, 1.82) is 0 Å². The molecule has 2 N–H and O–H groups in total. The van der Waals surface area contributed by atoms with Crippen LogP contribution in [0.4, 0.5) is 0 Å². The zero-order chi connectivity index (χ0) is 11.2. The van der Waals surface area contributed by atoms with Gasteiger partial charge in [-0.05, 0) is 5.56 Å². The number of amides is 1. The van der Waals surface area contributed by atoms with Crippen molar-refractivity contribution in [3.8, 4) is 0 Å². The normalized spacial score (nSPS) is 7.36. The number of methoxy groups -OCH3 is 1. The molecule has 0 radical (unpaired) electrons. The van der Waals surface area contributed by atoms with Gasteiger partial charge in [-0.1, -0.05) is 44.2 Å². The summed E-state index contributed by atoms with van der Waals surface area (Å²) < 4.78 is 4.93. The fourth-order valence-electron chi connectivity index (χ4n) is 0.741. The molecule has 0 aliphatic heterocycles. The molecule has 0 saturated carbocycles. The molecule has 0 saturated heterocycles. The minimum atomic E-state index is 0.250. The van der Waals surface area contributed by atoms with Crippen LogP contribution in [0.3, 0.4) is 0 Å². The third kappa shape index (κ3) is 10.7. The highest BCUT2D eigenvalue weighted by atomic mass is 16.5. The summed E-state index contributed by atoms with van der Waals surface area (Å²) in [5, 5.41) is 0. The van der Waals surface area contributed by atoms with Crippen LogP contribution in [0, 0.1) is 0 Å². The molecule has 1 aromatic rings. The van der Waals surface area contributed by atoms with Crippen LogP contribution in [0.5, 0.6) is 0 Å². The predicted octanol–water partition coefficient (Wildman–Crippen LogP) is 1.96. The van der Waals surface area contributed by atoms with Crippen molar-refractivity contribution >= 4 is 6.41 Å². The smallest absolute Gasteiger partial charge is 0.204 e. The number of rotatable bonds is 2. The van der Waals surface area contributed by atoms with Gasteiger partial charge in [-0.15, -0.1) is 0 Å². The van der Waals surface area contributed by atoms with E-state index in [0.717, 1.165) is 0 Å². The highest BCUT2D eigenvalue weighted by Gasteiger charge is 1.84. The molecular formula is C11H19NO2. The molecule has 14 heavy (non-hydrogen) atoms. The molecule has 0 atom stereocenters. The number of carbonyl (C=O) groups excluding carboxylic acids is 1. The first-order chi connectivity index (χ1) is 6.85. The van der Waals surface area contributed by atoms with Gasteiger partial charge in [0.15, 0.2) is 0 Å². The van der Waals surface area contributed by atoms with E-state index in [1.54, 1.807) is 7.11 Å². The topological polar surface area (TPSA) is 52.3 Å². The Kier molecular flexibility index (Phi) is 15.3. The van der Waals surface area contributed by atoms with Crippen LogP contribution in [0.25, 0.3) is 0 Å². The predicted molar refractivity (Wildman–Crippen MR) is 58.8 cm³/mol. The van der Waals surface area contributed by atoms with E-state index in [1.807, 2.05) is 44.2 Å². The lowest BCUT2D eigenvalue weighted by Crippen LogP contribution is -1.84. The number of nitrogens with two attached hydrogens (primary N) is 1. The standard InChI is InChI=1S/C8H10O.C2H6.CH3NO/c1-9-7-8-5-3-2-4-6-8;1-2;2-1-3/h2-6H,7H2,1H3;1-2H3;1H,(H2,2,3). The van der Waals surface area contributed by atoms with Crippen molar-refractivity contribution in [2.75, 3.05) is 7.11 Å². The molecule has 1 rings (SSSR count).